The van der Waals surface area contributed by atoms with Crippen molar-refractivity contribution in [2.24, 2.45) is 0 Å². The minimum absolute atomic E-state index is 0.0289. The highest BCUT2D eigenvalue weighted by Crippen LogP contribution is 2.18. The first-order valence-electron chi connectivity index (χ1n) is 9.31. The van der Waals surface area contributed by atoms with E-state index in [0.717, 1.165) is 29.7 Å². The molecule has 0 aliphatic rings. The summed E-state index contributed by atoms with van der Waals surface area (Å²) < 4.78 is 7.33. The molecule has 6 nitrogen and oxygen atoms in total. The van der Waals surface area contributed by atoms with Crippen molar-refractivity contribution in [3.05, 3.63) is 59.5 Å². The maximum atomic E-state index is 11.9. The number of fused-ring (bicyclic) bond motifs is 1. The second kappa shape index (κ2) is 8.66. The lowest BCUT2D eigenvalue weighted by Gasteiger charge is -2.09. The van der Waals surface area contributed by atoms with Crippen LogP contribution in [0.4, 0.5) is 0 Å². The number of carbonyl (C=O) groups excluding carboxylic acids is 1. The number of aryl methyl sites for hydroxylation is 2. The number of hydrogen-bond acceptors (Lipinski definition) is 4. The van der Waals surface area contributed by atoms with Gasteiger partial charge in [-0.3, -0.25) is 4.79 Å². The quantitative estimate of drug-likeness (QED) is 0.621. The van der Waals surface area contributed by atoms with Gasteiger partial charge in [0.2, 0.25) is 0 Å². The van der Waals surface area contributed by atoms with Crippen molar-refractivity contribution < 1.29 is 9.53 Å². The molecule has 0 spiro atoms. The third-order valence-corrected chi connectivity index (χ3v) is 4.37. The summed E-state index contributed by atoms with van der Waals surface area (Å²) in [5.74, 6) is 1.08. The summed E-state index contributed by atoms with van der Waals surface area (Å²) in [4.78, 5) is 16.3. The van der Waals surface area contributed by atoms with Crippen LogP contribution in [0.1, 0.15) is 43.0 Å². The standard InChI is InChI=1S/C21H26N4O2/c1-15(2)18-6-8-19(9-7-18)27-14-21(26)22-10-4-5-17-12-23-20-11-16(3)24-25(20)13-17/h6-9,11-13,15H,4-5,10,14H2,1-3H3,(H,22,26). The van der Waals surface area contributed by atoms with Crippen LogP contribution in [0.15, 0.2) is 42.7 Å². The molecule has 1 amide bonds. The van der Waals surface area contributed by atoms with Gasteiger partial charge in [-0.1, -0.05) is 26.0 Å². The van der Waals surface area contributed by atoms with Gasteiger partial charge >= 0.3 is 0 Å². The van der Waals surface area contributed by atoms with E-state index in [9.17, 15) is 4.79 Å². The summed E-state index contributed by atoms with van der Waals surface area (Å²) in [6.45, 7) is 6.87. The van der Waals surface area contributed by atoms with Crippen LogP contribution in [-0.2, 0) is 11.2 Å². The molecule has 0 aliphatic carbocycles. The lowest BCUT2D eigenvalue weighted by molar-refractivity contribution is -0.123. The van der Waals surface area contributed by atoms with Crippen LogP contribution in [0.3, 0.4) is 0 Å². The van der Waals surface area contributed by atoms with Crippen molar-refractivity contribution in [1.29, 1.82) is 0 Å². The van der Waals surface area contributed by atoms with E-state index in [-0.39, 0.29) is 12.5 Å². The molecule has 0 fully saturated rings. The minimum Gasteiger partial charge on any atom is -0.484 e. The molecule has 1 N–H and O–H groups in total. The van der Waals surface area contributed by atoms with Gasteiger partial charge in [0.15, 0.2) is 12.3 Å². The van der Waals surface area contributed by atoms with E-state index in [1.807, 2.05) is 49.6 Å². The third kappa shape index (κ3) is 5.29. The van der Waals surface area contributed by atoms with Gasteiger partial charge < -0.3 is 10.1 Å². The Balaban J connectivity index is 1.37. The van der Waals surface area contributed by atoms with E-state index >= 15 is 0 Å². The highest BCUT2D eigenvalue weighted by atomic mass is 16.5. The first kappa shape index (κ1) is 18.9. The van der Waals surface area contributed by atoms with Crippen LogP contribution in [-0.4, -0.2) is 33.7 Å². The van der Waals surface area contributed by atoms with E-state index in [1.54, 1.807) is 4.52 Å². The largest absolute Gasteiger partial charge is 0.484 e. The average Bonchev–Trinajstić information content (AvgIpc) is 3.03. The zero-order valence-electron chi connectivity index (χ0n) is 16.1. The number of aromatic nitrogens is 3. The van der Waals surface area contributed by atoms with Gasteiger partial charge in [-0.2, -0.15) is 5.10 Å². The van der Waals surface area contributed by atoms with Crippen molar-refractivity contribution >= 4 is 11.6 Å². The smallest absolute Gasteiger partial charge is 0.257 e. The molecule has 0 unspecified atom stereocenters. The molecule has 0 atom stereocenters. The van der Waals surface area contributed by atoms with Gasteiger partial charge in [0.1, 0.15) is 5.75 Å². The Morgan fingerprint density at radius 1 is 1.26 bits per heavy atom. The molecule has 3 aromatic rings. The fourth-order valence-electron chi connectivity index (χ4n) is 2.83. The van der Waals surface area contributed by atoms with E-state index < -0.39 is 0 Å². The van der Waals surface area contributed by atoms with Crippen molar-refractivity contribution in [1.82, 2.24) is 19.9 Å². The predicted molar refractivity (Wildman–Crippen MR) is 105 cm³/mol. The lowest BCUT2D eigenvalue weighted by atomic mass is 10.0. The van der Waals surface area contributed by atoms with Gasteiger partial charge in [-0.05, 0) is 48.9 Å². The van der Waals surface area contributed by atoms with Crippen LogP contribution in [0.5, 0.6) is 5.75 Å². The summed E-state index contributed by atoms with van der Waals surface area (Å²) in [5.41, 5.74) is 4.15. The summed E-state index contributed by atoms with van der Waals surface area (Å²) in [6.07, 6.45) is 5.52. The van der Waals surface area contributed by atoms with Gasteiger partial charge in [0.25, 0.3) is 5.91 Å². The van der Waals surface area contributed by atoms with E-state index in [1.165, 1.54) is 5.56 Å². The summed E-state index contributed by atoms with van der Waals surface area (Å²) in [5, 5.41) is 7.25. The number of benzene rings is 1. The van der Waals surface area contributed by atoms with Crippen molar-refractivity contribution in [2.75, 3.05) is 13.2 Å². The molecule has 0 saturated carbocycles. The summed E-state index contributed by atoms with van der Waals surface area (Å²) in [7, 11) is 0. The molecule has 142 valence electrons. The number of ether oxygens (including phenoxy) is 1. The fourth-order valence-corrected chi connectivity index (χ4v) is 2.83. The Kier molecular flexibility index (Phi) is 6.06. The Hall–Kier alpha value is -2.89. The van der Waals surface area contributed by atoms with E-state index in [4.69, 9.17) is 4.74 Å². The molecular formula is C21H26N4O2. The van der Waals surface area contributed by atoms with Gasteiger partial charge in [0.05, 0.1) is 5.69 Å². The molecule has 3 rings (SSSR count). The molecule has 0 radical (unpaired) electrons. The first-order valence-corrected chi connectivity index (χ1v) is 9.31. The van der Waals surface area contributed by atoms with Crippen molar-refractivity contribution in [2.45, 2.75) is 39.5 Å². The molecule has 0 saturated heterocycles. The molecule has 0 aliphatic heterocycles. The highest BCUT2D eigenvalue weighted by Gasteiger charge is 2.05. The lowest BCUT2D eigenvalue weighted by Crippen LogP contribution is -2.29. The zero-order chi connectivity index (χ0) is 19.2. The number of carbonyl (C=O) groups is 1. The number of rotatable bonds is 8. The average molecular weight is 366 g/mol. The molecule has 2 heterocycles. The van der Waals surface area contributed by atoms with Crippen LogP contribution in [0, 0.1) is 6.92 Å². The molecule has 2 aromatic heterocycles. The highest BCUT2D eigenvalue weighted by molar-refractivity contribution is 5.77. The van der Waals surface area contributed by atoms with Gasteiger partial charge in [-0.25, -0.2) is 9.50 Å². The molecule has 6 heteroatoms. The maximum Gasteiger partial charge on any atom is 0.257 e. The Labute approximate surface area is 159 Å². The van der Waals surface area contributed by atoms with Crippen LogP contribution >= 0.6 is 0 Å². The maximum absolute atomic E-state index is 11.9. The monoisotopic (exact) mass is 366 g/mol. The summed E-state index contributed by atoms with van der Waals surface area (Å²) in [6, 6.07) is 9.82. The number of hydrogen-bond donors (Lipinski definition) is 1. The second-order valence-corrected chi connectivity index (χ2v) is 7.02. The Morgan fingerprint density at radius 3 is 2.78 bits per heavy atom. The second-order valence-electron chi connectivity index (χ2n) is 7.02. The molecular weight excluding hydrogens is 340 g/mol. The van der Waals surface area contributed by atoms with E-state index in [2.05, 4.69) is 29.2 Å². The minimum atomic E-state index is -0.112. The molecule has 0 bridgehead atoms. The van der Waals surface area contributed by atoms with Gasteiger partial charge in [0, 0.05) is 25.0 Å². The topological polar surface area (TPSA) is 68.5 Å². The van der Waals surface area contributed by atoms with E-state index in [0.29, 0.717) is 18.2 Å². The normalized spacial score (nSPS) is 11.1. The predicted octanol–water partition coefficient (Wildman–Crippen LogP) is 3.29. The SMILES string of the molecule is Cc1cc2ncc(CCCNC(=O)COc3ccc(C(C)C)cc3)cn2n1. The van der Waals surface area contributed by atoms with Crippen molar-refractivity contribution in [3.63, 3.8) is 0 Å². The van der Waals surface area contributed by atoms with Gasteiger partial charge in [-0.15, -0.1) is 0 Å². The number of nitrogens with zero attached hydrogens (tertiary/aromatic N) is 3. The number of nitrogens with one attached hydrogen (secondary N) is 1. The van der Waals surface area contributed by atoms with Crippen LogP contribution < -0.4 is 10.1 Å². The third-order valence-electron chi connectivity index (χ3n) is 4.37. The molecule has 27 heavy (non-hydrogen) atoms. The van der Waals surface area contributed by atoms with Crippen LogP contribution in [0.25, 0.3) is 5.65 Å². The van der Waals surface area contributed by atoms with Crippen molar-refractivity contribution in [3.8, 4) is 5.75 Å². The Morgan fingerprint density at radius 2 is 2.04 bits per heavy atom. The zero-order valence-corrected chi connectivity index (χ0v) is 16.1. The Bertz CT molecular complexity index is 900. The molecule has 1 aromatic carbocycles. The number of amides is 1. The summed E-state index contributed by atoms with van der Waals surface area (Å²) >= 11 is 0. The fraction of sp³-hybridized carbons (Fsp3) is 0.381. The first-order chi connectivity index (χ1) is 13.0. The van der Waals surface area contributed by atoms with Crippen LogP contribution in [0.2, 0.25) is 0 Å².